The first-order valence-electron chi connectivity index (χ1n) is 33.7. The second-order valence-electron chi connectivity index (χ2n) is 24.2. The highest BCUT2D eigenvalue weighted by Gasteiger charge is 2.45. The van der Waals surface area contributed by atoms with Gasteiger partial charge in [0, 0.05) is 104 Å². The number of rotatable bonds is 53. The number of hydrogen-bond acceptors (Lipinski definition) is 28. The van der Waals surface area contributed by atoms with Crippen molar-refractivity contribution in [1.82, 2.24) is 37.2 Å². The second kappa shape index (κ2) is 49.9. The topological polar surface area (TPSA) is 547 Å². The van der Waals surface area contributed by atoms with E-state index in [1.54, 1.807) is 0 Å². The zero-order chi connectivity index (χ0) is 70.7. The van der Waals surface area contributed by atoms with Crippen LogP contribution in [0.1, 0.15) is 129 Å². The number of amides is 7. The molecule has 0 aromatic heterocycles. The quantitative estimate of drug-likeness (QED) is 0.0252. The van der Waals surface area contributed by atoms with Crippen molar-refractivity contribution in [2.75, 3.05) is 119 Å². The molecule has 35 nitrogen and oxygen atoms in total. The van der Waals surface area contributed by atoms with Gasteiger partial charge in [-0.2, -0.15) is 0 Å². The molecule has 0 aliphatic carbocycles. The highest BCUT2D eigenvalue weighted by molar-refractivity contribution is 5.78. The van der Waals surface area contributed by atoms with Crippen molar-refractivity contribution in [1.29, 1.82) is 0 Å². The van der Waals surface area contributed by atoms with Gasteiger partial charge in [0.1, 0.15) is 60.5 Å². The molecule has 3 heterocycles. The lowest BCUT2D eigenvalue weighted by Crippen LogP contribution is -2.62. The maximum absolute atomic E-state index is 13.5. The van der Waals surface area contributed by atoms with Gasteiger partial charge in [0.25, 0.3) is 0 Å². The fraction of sp³-hybridized carbons (Fsp3) is 0.885. The van der Waals surface area contributed by atoms with Crippen LogP contribution in [0.15, 0.2) is 0 Å². The van der Waals surface area contributed by atoms with E-state index < -0.39 is 117 Å². The molecule has 0 aromatic carbocycles. The summed E-state index contributed by atoms with van der Waals surface area (Å²) >= 11 is 0. The van der Waals surface area contributed by atoms with Gasteiger partial charge >= 0.3 is 0 Å². The third-order valence-corrected chi connectivity index (χ3v) is 16.0. The van der Waals surface area contributed by atoms with E-state index in [4.69, 9.17) is 59.8 Å². The van der Waals surface area contributed by atoms with Gasteiger partial charge in [0.15, 0.2) is 18.9 Å². The Morgan fingerprint density at radius 2 is 0.615 bits per heavy atom. The predicted octanol–water partition coefficient (Wildman–Crippen LogP) is -6.63. The molecule has 35 heteroatoms. The molecular weight excluding hydrogens is 1270 g/mol. The lowest BCUT2D eigenvalue weighted by Gasteiger charge is -2.40. The van der Waals surface area contributed by atoms with Crippen LogP contribution < -0.4 is 54.4 Å². The predicted molar refractivity (Wildman–Crippen MR) is 340 cm³/mol. The largest absolute Gasteiger partial charge is 0.394 e. The monoisotopic (exact) mass is 1390 g/mol. The molecule has 3 fully saturated rings. The minimum atomic E-state index is -1.35. The molecule has 7 amide bonds. The first-order chi connectivity index (χ1) is 46.1. The molecule has 0 bridgehead atoms. The van der Waals surface area contributed by atoms with E-state index >= 15 is 0 Å². The number of unbranched alkanes of at least 4 members (excludes halogenated alkanes) is 5. The zero-order valence-corrected chi connectivity index (χ0v) is 55.6. The SMILES string of the molecule is CCCCCC(=O)NC(COCCC(=O)NCCCNC(=O)CCCCOC1OC(CO)C(O)C(O)C1N)(COCCC(=O)NCCCNC(=O)CCCCOC1OC(CO)C(O)C(O)C1N)COCCC(=O)NCCCNC(=O)CCCCOC1OC(CO)C(O)C(O)C1N. The molecule has 22 N–H and O–H groups in total. The molecule has 0 spiro atoms. The van der Waals surface area contributed by atoms with Crippen LogP contribution >= 0.6 is 0 Å². The summed E-state index contributed by atoms with van der Waals surface area (Å²) in [7, 11) is 0. The molecule has 15 atom stereocenters. The van der Waals surface area contributed by atoms with Gasteiger partial charge in [-0.15, -0.1) is 0 Å². The summed E-state index contributed by atoms with van der Waals surface area (Å²) in [6.45, 7) is 1.75. The molecule has 3 rings (SSSR count). The number of aliphatic hydroxyl groups excluding tert-OH is 9. The van der Waals surface area contributed by atoms with Crippen LogP contribution in [-0.2, 0) is 76.2 Å². The number of ether oxygens (including phenoxy) is 9. The third-order valence-electron chi connectivity index (χ3n) is 16.0. The molecule has 96 heavy (non-hydrogen) atoms. The normalized spacial score (nSPS) is 26.4. The van der Waals surface area contributed by atoms with Crippen LogP contribution in [-0.4, -0.2) is 303 Å². The van der Waals surface area contributed by atoms with Gasteiger partial charge in [0.05, 0.1) is 77.6 Å². The number of hydrogen-bond donors (Lipinski definition) is 19. The summed E-state index contributed by atoms with van der Waals surface area (Å²) in [5.41, 5.74) is 16.3. The standard InChI is InChI=1S/C61H114N10O25/c1-2-3-4-17-48(81)71-61(36-88-30-18-45(78)68-24-11-21-65-42(75)14-5-8-27-91-58-49(62)55(85)52(82)39(33-72)94-58,37-89-31-19-46(79)69-25-12-22-66-43(76)15-6-9-28-92-59-50(63)56(86)53(83)40(34-73)95-59)38-90-32-20-47(80)70-26-13-23-67-44(77)16-7-10-29-93-60-51(64)57(87)54(84)41(35-74)96-60/h39-41,49-60,72-74,82-87H,2-38,62-64H2,1H3,(H,65,75)(H,66,76)(H,67,77)(H,68,78)(H,69,79)(H,70,80)(H,71,81). The fourth-order valence-corrected chi connectivity index (χ4v) is 10.1. The second-order valence-corrected chi connectivity index (χ2v) is 24.2. The number of aliphatic hydroxyl groups is 9. The van der Waals surface area contributed by atoms with Crippen LogP contribution in [0.5, 0.6) is 0 Å². The zero-order valence-electron chi connectivity index (χ0n) is 55.6. The van der Waals surface area contributed by atoms with Crippen LogP contribution in [0, 0.1) is 0 Å². The van der Waals surface area contributed by atoms with Gasteiger partial charge in [-0.1, -0.05) is 19.8 Å². The summed E-state index contributed by atoms with van der Waals surface area (Å²) in [4.78, 5) is 89.4. The van der Waals surface area contributed by atoms with E-state index in [-0.39, 0.29) is 165 Å². The number of carbonyl (C=O) groups excluding carboxylic acids is 7. The van der Waals surface area contributed by atoms with E-state index in [1.165, 1.54) is 0 Å². The van der Waals surface area contributed by atoms with E-state index in [2.05, 4.69) is 37.2 Å². The van der Waals surface area contributed by atoms with Crippen LogP contribution in [0.2, 0.25) is 0 Å². The summed E-state index contributed by atoms with van der Waals surface area (Å²) < 4.78 is 51.1. The molecule has 15 unspecified atom stereocenters. The van der Waals surface area contributed by atoms with Crippen LogP contribution in [0.25, 0.3) is 0 Å². The molecule has 558 valence electrons. The van der Waals surface area contributed by atoms with Gasteiger partial charge < -0.3 is 143 Å². The van der Waals surface area contributed by atoms with Crippen molar-refractivity contribution in [3.05, 3.63) is 0 Å². The third kappa shape index (κ3) is 34.0. The molecule has 3 saturated heterocycles. The average molecular weight is 1390 g/mol. The van der Waals surface area contributed by atoms with E-state index in [0.717, 1.165) is 12.8 Å². The fourth-order valence-electron chi connectivity index (χ4n) is 10.1. The average Bonchev–Trinajstić information content (AvgIpc) is 0.866. The first-order valence-corrected chi connectivity index (χ1v) is 33.7. The Labute approximate surface area is 561 Å². The Kier molecular flexibility index (Phi) is 44.5. The maximum atomic E-state index is 13.5. The summed E-state index contributed by atoms with van der Waals surface area (Å²) in [6, 6.07) is -3.07. The van der Waals surface area contributed by atoms with Crippen LogP contribution in [0.4, 0.5) is 0 Å². The lowest BCUT2D eigenvalue weighted by molar-refractivity contribution is -0.265. The Bertz CT molecular complexity index is 1970. The Balaban J connectivity index is 1.43. The van der Waals surface area contributed by atoms with Crippen molar-refractivity contribution in [2.24, 2.45) is 17.2 Å². The van der Waals surface area contributed by atoms with Gasteiger partial charge in [-0.3, -0.25) is 33.6 Å². The molecule has 0 saturated carbocycles. The number of nitrogens with one attached hydrogen (secondary N) is 7. The highest BCUT2D eigenvalue weighted by atomic mass is 16.7. The molecule has 3 aliphatic heterocycles. The summed E-state index contributed by atoms with van der Waals surface area (Å²) in [6.07, 6.45) is -7.36. The molecule has 0 radical (unpaired) electrons. The first kappa shape index (κ1) is 85.7. The molecule has 0 aromatic rings. The van der Waals surface area contributed by atoms with E-state index in [9.17, 15) is 79.5 Å². The smallest absolute Gasteiger partial charge is 0.222 e. The van der Waals surface area contributed by atoms with Crippen molar-refractivity contribution in [3.8, 4) is 0 Å². The van der Waals surface area contributed by atoms with E-state index in [0.29, 0.717) is 83.8 Å². The van der Waals surface area contributed by atoms with Gasteiger partial charge in [-0.25, -0.2) is 0 Å². The van der Waals surface area contributed by atoms with Crippen LogP contribution in [0.3, 0.4) is 0 Å². The Morgan fingerprint density at radius 1 is 0.354 bits per heavy atom. The molecular formula is C61H114N10O25. The maximum Gasteiger partial charge on any atom is 0.222 e. The van der Waals surface area contributed by atoms with Crippen molar-refractivity contribution >= 4 is 41.4 Å². The van der Waals surface area contributed by atoms with Crippen molar-refractivity contribution in [3.63, 3.8) is 0 Å². The number of nitrogens with two attached hydrogens (primary N) is 3. The lowest BCUT2D eigenvalue weighted by atomic mass is 9.98. The van der Waals surface area contributed by atoms with Crippen molar-refractivity contribution in [2.45, 2.75) is 226 Å². The number of carbonyl (C=O) groups is 7. The van der Waals surface area contributed by atoms with E-state index in [1.807, 2.05) is 6.92 Å². The van der Waals surface area contributed by atoms with Gasteiger partial charge in [0.2, 0.25) is 41.4 Å². The van der Waals surface area contributed by atoms with Gasteiger partial charge in [-0.05, 0) is 64.2 Å². The minimum Gasteiger partial charge on any atom is -0.394 e. The minimum absolute atomic E-state index is 0.0620. The Hall–Kier alpha value is -4.55. The highest BCUT2D eigenvalue weighted by Crippen LogP contribution is 2.24. The van der Waals surface area contributed by atoms with Crippen molar-refractivity contribution < 1.29 is 122 Å². The summed E-state index contributed by atoms with van der Waals surface area (Å²) in [5, 5.41) is 108. The summed E-state index contributed by atoms with van der Waals surface area (Å²) in [5.74, 6) is -1.95. The Morgan fingerprint density at radius 3 is 0.885 bits per heavy atom. The molecule has 3 aliphatic rings.